The van der Waals surface area contributed by atoms with Crippen LogP contribution in [0.4, 0.5) is 4.79 Å². The number of amides is 4. The summed E-state index contributed by atoms with van der Waals surface area (Å²) in [7, 11) is 3.15. The van der Waals surface area contributed by atoms with Gasteiger partial charge in [0.15, 0.2) is 0 Å². The molecule has 8 heteroatoms. The van der Waals surface area contributed by atoms with E-state index in [1.54, 1.807) is 7.11 Å². The number of carbonyl (C=O) groups excluding carboxylic acids is 3. The van der Waals surface area contributed by atoms with E-state index in [1.165, 1.54) is 11.9 Å². The van der Waals surface area contributed by atoms with Gasteiger partial charge < -0.3 is 19.9 Å². The highest BCUT2D eigenvalue weighted by molar-refractivity contribution is 6.04. The van der Waals surface area contributed by atoms with Crippen LogP contribution in [0.5, 0.6) is 5.75 Å². The number of hydrogen-bond acceptors (Lipinski definition) is 4. The number of para-hydroxylation sites is 1. The predicted octanol–water partition coefficient (Wildman–Crippen LogP) is 2.32. The Bertz CT molecular complexity index is 1120. The summed E-state index contributed by atoms with van der Waals surface area (Å²) in [5, 5.41) is 3.97. The lowest BCUT2D eigenvalue weighted by atomic mass is 9.90. The second-order valence-corrected chi connectivity index (χ2v) is 7.54. The Hall–Kier alpha value is -3.81. The molecule has 4 amide bonds. The highest BCUT2D eigenvalue weighted by atomic mass is 16.5. The highest BCUT2D eigenvalue weighted by Crippen LogP contribution is 2.31. The van der Waals surface area contributed by atoms with Gasteiger partial charge in [-0.05, 0) is 29.3 Å². The molecular formula is C23H24N4O4. The number of methoxy groups -OCH3 is 1. The third-order valence-corrected chi connectivity index (χ3v) is 5.55. The monoisotopic (exact) mass is 420 g/mol. The molecule has 1 aliphatic rings. The van der Waals surface area contributed by atoms with E-state index in [0.717, 1.165) is 32.7 Å². The van der Waals surface area contributed by atoms with Crippen molar-refractivity contribution in [2.24, 2.45) is 0 Å². The van der Waals surface area contributed by atoms with Crippen LogP contribution in [0.1, 0.15) is 17.0 Å². The van der Waals surface area contributed by atoms with Gasteiger partial charge in [0.05, 0.1) is 7.11 Å². The van der Waals surface area contributed by atoms with Crippen molar-refractivity contribution in [3.8, 4) is 5.75 Å². The molecule has 4 rings (SSSR count). The normalized spacial score (nSPS) is 14.9. The fraction of sp³-hybridized carbons (Fsp3) is 0.261. The first-order chi connectivity index (χ1) is 15.0. The number of hydrogen-bond donors (Lipinski definition) is 2. The first-order valence-corrected chi connectivity index (χ1v) is 10.00. The van der Waals surface area contributed by atoms with Crippen molar-refractivity contribution in [2.75, 3.05) is 33.8 Å². The second kappa shape index (κ2) is 8.51. The third kappa shape index (κ3) is 4.09. The van der Waals surface area contributed by atoms with E-state index in [4.69, 9.17) is 4.74 Å². The minimum absolute atomic E-state index is 0.00404. The quantitative estimate of drug-likeness (QED) is 0.574. The zero-order valence-corrected chi connectivity index (χ0v) is 17.4. The predicted molar refractivity (Wildman–Crippen MR) is 116 cm³/mol. The van der Waals surface area contributed by atoms with Gasteiger partial charge in [0.25, 0.3) is 5.91 Å². The van der Waals surface area contributed by atoms with Gasteiger partial charge >= 0.3 is 6.03 Å². The van der Waals surface area contributed by atoms with E-state index in [9.17, 15) is 14.4 Å². The van der Waals surface area contributed by atoms with Crippen LogP contribution < -0.4 is 10.1 Å². The van der Waals surface area contributed by atoms with Gasteiger partial charge in [-0.25, -0.2) is 4.79 Å². The highest BCUT2D eigenvalue weighted by Gasteiger charge is 2.34. The fourth-order valence-electron chi connectivity index (χ4n) is 3.87. The zero-order chi connectivity index (χ0) is 22.0. The van der Waals surface area contributed by atoms with Gasteiger partial charge in [-0.3, -0.25) is 14.5 Å². The Morgan fingerprint density at radius 3 is 2.58 bits per heavy atom. The van der Waals surface area contributed by atoms with Crippen molar-refractivity contribution in [1.29, 1.82) is 0 Å². The van der Waals surface area contributed by atoms with Gasteiger partial charge in [0.1, 0.15) is 18.8 Å². The molecule has 1 saturated heterocycles. The lowest BCUT2D eigenvalue weighted by Crippen LogP contribution is -2.42. The number of nitrogens with one attached hydrogen (secondary N) is 2. The van der Waals surface area contributed by atoms with Crippen molar-refractivity contribution in [3.05, 3.63) is 65.9 Å². The number of aromatic amines is 1. The molecule has 31 heavy (non-hydrogen) atoms. The number of likely N-dealkylation sites (N-methyl/N-ethyl adjacent to an activating group) is 1. The van der Waals surface area contributed by atoms with E-state index in [-0.39, 0.29) is 30.8 Å². The number of imide groups is 1. The minimum Gasteiger partial charge on any atom is -0.497 e. The van der Waals surface area contributed by atoms with E-state index < -0.39 is 6.03 Å². The molecule has 0 spiro atoms. The number of benzene rings is 2. The Labute approximate surface area is 179 Å². The Kier molecular flexibility index (Phi) is 5.62. The average molecular weight is 420 g/mol. The molecule has 3 aromatic rings. The van der Waals surface area contributed by atoms with Gasteiger partial charge in [-0.2, -0.15) is 0 Å². The molecule has 0 unspecified atom stereocenters. The van der Waals surface area contributed by atoms with Crippen LogP contribution in [-0.2, 0) is 9.59 Å². The maximum atomic E-state index is 12.6. The Balaban J connectivity index is 1.55. The number of carbonyl (C=O) groups is 3. The molecule has 2 N–H and O–H groups in total. The number of rotatable bonds is 7. The van der Waals surface area contributed by atoms with Gasteiger partial charge in [0.2, 0.25) is 5.91 Å². The summed E-state index contributed by atoms with van der Waals surface area (Å²) in [5.74, 6) is -0.124. The van der Waals surface area contributed by atoms with Crippen molar-refractivity contribution in [1.82, 2.24) is 20.1 Å². The fourth-order valence-corrected chi connectivity index (χ4v) is 3.87. The molecule has 2 aromatic carbocycles. The van der Waals surface area contributed by atoms with Crippen LogP contribution in [0.2, 0.25) is 0 Å². The molecule has 1 aromatic heterocycles. The molecule has 0 radical (unpaired) electrons. The van der Waals surface area contributed by atoms with Crippen molar-refractivity contribution in [3.63, 3.8) is 0 Å². The summed E-state index contributed by atoms with van der Waals surface area (Å²) in [6.45, 7) is 0.0280. The molecule has 2 heterocycles. The van der Waals surface area contributed by atoms with Crippen molar-refractivity contribution >= 4 is 28.7 Å². The summed E-state index contributed by atoms with van der Waals surface area (Å²) >= 11 is 0. The standard InChI is InChI=1S/C23H24N4O4/c1-26-14-22(29)27(23(26)30)13-21(28)25-11-18(15-7-9-16(31-2)10-8-15)19-12-24-20-6-4-3-5-17(19)20/h3-10,12,18,24H,11,13-14H2,1-2H3,(H,25,28)/t18-/m1/s1. The maximum absolute atomic E-state index is 12.6. The summed E-state index contributed by atoms with van der Waals surface area (Å²) in [6, 6.07) is 15.2. The molecule has 0 bridgehead atoms. The largest absolute Gasteiger partial charge is 0.497 e. The van der Waals surface area contributed by atoms with Gasteiger partial charge in [0, 0.05) is 36.6 Å². The molecule has 1 aliphatic heterocycles. The lowest BCUT2D eigenvalue weighted by molar-refractivity contribution is -0.130. The van der Waals surface area contributed by atoms with Crippen LogP contribution >= 0.6 is 0 Å². The van der Waals surface area contributed by atoms with E-state index in [1.807, 2.05) is 54.7 Å². The number of fused-ring (bicyclic) bond motifs is 1. The molecule has 0 aliphatic carbocycles. The first kappa shape index (κ1) is 20.5. The first-order valence-electron chi connectivity index (χ1n) is 10.00. The zero-order valence-electron chi connectivity index (χ0n) is 17.4. The molecule has 160 valence electrons. The van der Waals surface area contributed by atoms with Crippen LogP contribution in [0.3, 0.4) is 0 Å². The smallest absolute Gasteiger partial charge is 0.327 e. The maximum Gasteiger partial charge on any atom is 0.327 e. The summed E-state index contributed by atoms with van der Waals surface area (Å²) < 4.78 is 5.26. The van der Waals surface area contributed by atoms with Crippen molar-refractivity contribution in [2.45, 2.75) is 5.92 Å². The van der Waals surface area contributed by atoms with Crippen LogP contribution in [-0.4, -0.2) is 66.4 Å². The summed E-state index contributed by atoms with van der Waals surface area (Å²) in [4.78, 5) is 42.1. The Morgan fingerprint density at radius 1 is 1.16 bits per heavy atom. The molecule has 0 saturated carbocycles. The average Bonchev–Trinajstić information content (AvgIpc) is 3.31. The van der Waals surface area contributed by atoms with Gasteiger partial charge in [-0.15, -0.1) is 0 Å². The molecule has 1 atom stereocenters. The lowest BCUT2D eigenvalue weighted by Gasteiger charge is -2.20. The number of ether oxygens (including phenoxy) is 1. The van der Waals surface area contributed by atoms with Crippen LogP contribution in [0.15, 0.2) is 54.7 Å². The number of nitrogens with zero attached hydrogens (tertiary/aromatic N) is 2. The number of H-pyrrole nitrogens is 1. The van der Waals surface area contributed by atoms with E-state index in [0.29, 0.717) is 6.54 Å². The third-order valence-electron chi connectivity index (χ3n) is 5.55. The van der Waals surface area contributed by atoms with Crippen LogP contribution in [0, 0.1) is 0 Å². The topological polar surface area (TPSA) is 94.7 Å². The van der Waals surface area contributed by atoms with E-state index >= 15 is 0 Å². The van der Waals surface area contributed by atoms with Gasteiger partial charge in [-0.1, -0.05) is 30.3 Å². The molecule has 1 fully saturated rings. The van der Waals surface area contributed by atoms with Crippen molar-refractivity contribution < 1.29 is 19.1 Å². The Morgan fingerprint density at radius 2 is 1.90 bits per heavy atom. The van der Waals surface area contributed by atoms with E-state index in [2.05, 4.69) is 10.3 Å². The number of aromatic nitrogens is 1. The summed E-state index contributed by atoms with van der Waals surface area (Å²) in [5.41, 5.74) is 3.08. The second-order valence-electron chi connectivity index (χ2n) is 7.54. The molecule has 8 nitrogen and oxygen atoms in total. The van der Waals surface area contributed by atoms with Crippen LogP contribution in [0.25, 0.3) is 10.9 Å². The molecular weight excluding hydrogens is 396 g/mol. The number of urea groups is 1. The summed E-state index contributed by atoms with van der Waals surface area (Å²) in [6.07, 6.45) is 1.95. The SMILES string of the molecule is COc1ccc([C@@H](CNC(=O)CN2C(=O)CN(C)C2=O)c2c[nH]c3ccccc23)cc1. The minimum atomic E-state index is -0.455.